The van der Waals surface area contributed by atoms with Gasteiger partial charge in [-0.3, -0.25) is 0 Å². The first-order valence-corrected chi connectivity index (χ1v) is 10.1. The second-order valence-corrected chi connectivity index (χ2v) is 9.45. The zero-order chi connectivity index (χ0) is 19.3. The van der Waals surface area contributed by atoms with Crippen LogP contribution in [-0.4, -0.2) is 45.2 Å². The van der Waals surface area contributed by atoms with Crippen LogP contribution in [0, 0.1) is 6.17 Å². The Kier molecular flexibility index (Phi) is 2.89. The predicted molar refractivity (Wildman–Crippen MR) is 107 cm³/mol. The summed E-state index contributed by atoms with van der Waals surface area (Å²) < 4.78 is 17.5. The maximum absolute atomic E-state index is 6.30. The van der Waals surface area contributed by atoms with Gasteiger partial charge in [0.25, 0.3) is 11.8 Å². The van der Waals surface area contributed by atoms with E-state index in [1.165, 1.54) is 28.4 Å². The monoisotopic (exact) mass is 373 g/mol. The molecule has 6 rings (SSSR count). The number of benzene rings is 2. The van der Waals surface area contributed by atoms with Gasteiger partial charge in [-0.1, -0.05) is 48.5 Å². The first-order valence-electron chi connectivity index (χ1n) is 10.1. The molecule has 0 aromatic heterocycles. The Bertz CT molecular complexity index is 1010. The van der Waals surface area contributed by atoms with Crippen LogP contribution in [0.4, 0.5) is 0 Å². The van der Waals surface area contributed by atoms with Crippen LogP contribution in [0.3, 0.4) is 0 Å². The number of fused-ring (bicyclic) bond motifs is 9. The zero-order valence-corrected chi connectivity index (χ0v) is 16.8. The van der Waals surface area contributed by atoms with Crippen LogP contribution in [0.25, 0.3) is 0 Å². The topological polar surface area (TPSA) is 24.5 Å². The smallest absolute Gasteiger partial charge is 0.334 e. The minimum atomic E-state index is -0.119. The quantitative estimate of drug-likeness (QED) is 0.522. The minimum absolute atomic E-state index is 0.119. The van der Waals surface area contributed by atoms with Gasteiger partial charge in [0.2, 0.25) is 0 Å². The first-order chi connectivity index (χ1) is 13.4. The van der Waals surface area contributed by atoms with Crippen molar-refractivity contribution in [3.05, 3.63) is 77.0 Å². The fourth-order valence-electron chi connectivity index (χ4n) is 5.21. The highest BCUT2D eigenvalue weighted by atomic mass is 16.5. The lowest BCUT2D eigenvalue weighted by Crippen LogP contribution is -2.54. The molecule has 142 valence electrons. The third-order valence-corrected chi connectivity index (χ3v) is 6.46. The highest BCUT2D eigenvalue weighted by Gasteiger charge is 2.61. The van der Waals surface area contributed by atoms with Gasteiger partial charge in [0.15, 0.2) is 11.1 Å². The highest BCUT2D eigenvalue weighted by molar-refractivity contribution is 5.97. The number of ether oxygens (including phenoxy) is 2. The van der Waals surface area contributed by atoms with Crippen molar-refractivity contribution in [2.75, 3.05) is 13.2 Å². The maximum Gasteiger partial charge on any atom is 0.334 e. The van der Waals surface area contributed by atoms with E-state index in [1.54, 1.807) is 0 Å². The van der Waals surface area contributed by atoms with Crippen molar-refractivity contribution in [1.82, 2.24) is 0 Å². The van der Waals surface area contributed by atoms with Crippen molar-refractivity contribution in [3.8, 4) is 0 Å². The number of hydrogen-bond acceptors (Lipinski definition) is 2. The van der Waals surface area contributed by atoms with Crippen LogP contribution in [0.2, 0.25) is 0 Å². The summed E-state index contributed by atoms with van der Waals surface area (Å²) in [5.74, 6) is 2.13. The lowest BCUT2D eigenvalue weighted by Gasteiger charge is -2.39. The molecular formula is C24H25N2O2+. The molecule has 2 aromatic carbocycles. The third kappa shape index (κ3) is 1.83. The Balaban J connectivity index is 1.75. The van der Waals surface area contributed by atoms with E-state index < -0.39 is 0 Å². The van der Waals surface area contributed by atoms with E-state index in [9.17, 15) is 0 Å². The molecule has 0 unspecified atom stereocenters. The van der Waals surface area contributed by atoms with Crippen molar-refractivity contribution in [3.63, 3.8) is 0 Å². The van der Waals surface area contributed by atoms with Crippen molar-refractivity contribution >= 4 is 11.8 Å². The van der Waals surface area contributed by atoms with E-state index in [-0.39, 0.29) is 17.0 Å². The molecule has 4 aliphatic heterocycles. The van der Waals surface area contributed by atoms with Crippen LogP contribution < -0.4 is 0 Å². The van der Waals surface area contributed by atoms with E-state index in [0.717, 1.165) is 11.8 Å². The lowest BCUT2D eigenvalue weighted by molar-refractivity contribution is -0.763. The van der Waals surface area contributed by atoms with Gasteiger partial charge in [-0.15, -0.1) is 0 Å². The molecule has 2 aromatic rings. The normalized spacial score (nSPS) is 23.4. The summed E-state index contributed by atoms with van der Waals surface area (Å²) in [7, 11) is 0. The molecule has 4 nitrogen and oxygen atoms in total. The third-order valence-electron chi connectivity index (χ3n) is 6.46. The molecule has 0 fully saturated rings. The van der Waals surface area contributed by atoms with Gasteiger partial charge in [0.05, 0.1) is 0 Å². The van der Waals surface area contributed by atoms with E-state index in [2.05, 4.69) is 85.4 Å². The standard InChI is InChI=1S/C24H25N2O2/c1-23(2)13-27-21-17-11-7-5-9-15(17)19-16-10-6-8-12-18(16)22-26(20(19)25(21)23)24(3,4)14-28-22/h5-12,19H,13-14H2,1-4H3/q+1. The van der Waals surface area contributed by atoms with E-state index in [0.29, 0.717) is 13.2 Å². The summed E-state index contributed by atoms with van der Waals surface area (Å²) in [5, 5.41) is 0. The van der Waals surface area contributed by atoms with Crippen molar-refractivity contribution in [2.45, 2.75) is 44.7 Å². The zero-order valence-electron chi connectivity index (χ0n) is 16.8. The SMILES string of the molecule is CC1(C)COC2=[N+]1[C-]1C(c3ccccc32)c2ccccc2C2=[N+]1C(C)(C)CO2. The van der Waals surface area contributed by atoms with Gasteiger partial charge >= 0.3 is 6.17 Å². The molecule has 4 heterocycles. The fraction of sp³-hybridized carbons (Fsp3) is 0.375. The molecule has 0 N–H and O–H groups in total. The molecule has 0 saturated heterocycles. The lowest BCUT2D eigenvalue weighted by atomic mass is 9.77. The molecule has 28 heavy (non-hydrogen) atoms. The molecule has 0 atom stereocenters. The molecule has 4 heteroatoms. The van der Waals surface area contributed by atoms with Crippen LogP contribution in [-0.2, 0) is 9.47 Å². The second kappa shape index (κ2) is 4.99. The summed E-state index contributed by atoms with van der Waals surface area (Å²) in [6.45, 7) is 10.4. The summed E-state index contributed by atoms with van der Waals surface area (Å²) in [4.78, 5) is 0. The average molecular weight is 373 g/mol. The first kappa shape index (κ1) is 16.2. The Labute approximate surface area is 165 Å². The maximum atomic E-state index is 6.30. The van der Waals surface area contributed by atoms with Crippen LogP contribution in [0.15, 0.2) is 48.5 Å². The van der Waals surface area contributed by atoms with E-state index >= 15 is 0 Å². The molecule has 4 aliphatic rings. The molecule has 0 spiro atoms. The molecule has 0 radical (unpaired) electrons. The second-order valence-electron chi connectivity index (χ2n) is 9.45. The van der Waals surface area contributed by atoms with Crippen molar-refractivity contribution in [1.29, 1.82) is 0 Å². The van der Waals surface area contributed by atoms with Crippen molar-refractivity contribution < 1.29 is 18.6 Å². The Morgan fingerprint density at radius 1 is 0.750 bits per heavy atom. The molecular weight excluding hydrogens is 348 g/mol. The van der Waals surface area contributed by atoms with Gasteiger partial charge in [-0.25, -0.2) is 9.15 Å². The van der Waals surface area contributed by atoms with E-state index in [1.807, 2.05) is 0 Å². The summed E-state index contributed by atoms with van der Waals surface area (Å²) in [5.41, 5.74) is 4.81. The van der Waals surface area contributed by atoms with E-state index in [4.69, 9.17) is 9.47 Å². The van der Waals surface area contributed by atoms with Gasteiger partial charge in [0, 0.05) is 38.8 Å². The fourth-order valence-corrected chi connectivity index (χ4v) is 5.21. The van der Waals surface area contributed by atoms with Crippen LogP contribution in [0.1, 0.15) is 55.9 Å². The van der Waals surface area contributed by atoms with Gasteiger partial charge < -0.3 is 9.47 Å². The van der Waals surface area contributed by atoms with Crippen LogP contribution >= 0.6 is 0 Å². The van der Waals surface area contributed by atoms with Gasteiger partial charge in [-0.05, 0) is 11.1 Å². The minimum Gasteiger partial charge on any atom is -0.493 e. The Morgan fingerprint density at radius 3 is 1.64 bits per heavy atom. The van der Waals surface area contributed by atoms with Gasteiger partial charge in [0.1, 0.15) is 19.1 Å². The number of rotatable bonds is 0. The number of nitrogens with zero attached hydrogens (tertiary/aromatic N) is 2. The molecule has 0 bridgehead atoms. The van der Waals surface area contributed by atoms with Crippen LogP contribution in [0.5, 0.6) is 0 Å². The highest BCUT2D eigenvalue weighted by Crippen LogP contribution is 2.50. The summed E-state index contributed by atoms with van der Waals surface area (Å²) in [6, 6.07) is 17.4. The molecule has 0 amide bonds. The Hall–Kier alpha value is -2.75. The molecule has 0 aliphatic carbocycles. The van der Waals surface area contributed by atoms with Gasteiger partial charge in [-0.2, -0.15) is 0 Å². The molecule has 0 saturated carbocycles. The summed E-state index contributed by atoms with van der Waals surface area (Å²) in [6.07, 6.45) is 1.27. The number of hydrogen-bond donors (Lipinski definition) is 0. The Morgan fingerprint density at radius 2 is 1.18 bits per heavy atom. The predicted octanol–water partition coefficient (Wildman–Crippen LogP) is 3.47. The van der Waals surface area contributed by atoms with Crippen molar-refractivity contribution in [2.24, 2.45) is 0 Å². The summed E-state index contributed by atoms with van der Waals surface area (Å²) >= 11 is 0. The largest absolute Gasteiger partial charge is 0.493 e. The average Bonchev–Trinajstić information content (AvgIpc) is 3.18.